The Morgan fingerprint density at radius 3 is 2.17 bits per heavy atom. The second kappa shape index (κ2) is 7.32. The van der Waals surface area contributed by atoms with Gasteiger partial charge in [0.05, 0.1) is 11.0 Å². The molecule has 124 valence electrons. The van der Waals surface area contributed by atoms with E-state index in [9.17, 15) is 29.2 Å². The fraction of sp³-hybridized carbons (Fsp3) is 0.125. The molecule has 0 aliphatic carbocycles. The summed E-state index contributed by atoms with van der Waals surface area (Å²) in [5.41, 5.74) is 0.360. The summed E-state index contributed by atoms with van der Waals surface area (Å²) in [5.74, 6) is -2.48. The molecule has 1 amide bonds. The first-order valence-electron chi connectivity index (χ1n) is 6.87. The molecular formula is C16H12FN2O5-. The standard InChI is InChI=1S/C16H13FN2O5/c17-12-5-1-10(2-6-12)14(9-15(20)21)18-16(22)11-3-7-13(8-4-11)19(23)24/h1-8,14H,9H2,(H,18,22)(H,20,21)/p-1/t14-/m0/s1. The number of amides is 1. The predicted molar refractivity (Wildman–Crippen MR) is 79.3 cm³/mol. The topological polar surface area (TPSA) is 112 Å². The van der Waals surface area contributed by atoms with Crippen molar-refractivity contribution in [2.45, 2.75) is 12.5 Å². The lowest BCUT2D eigenvalue weighted by Gasteiger charge is -2.20. The SMILES string of the molecule is O=C([O-])C[C@H](NC(=O)c1ccc([N+](=O)[O-])cc1)c1ccc(F)cc1. The van der Waals surface area contributed by atoms with Crippen LogP contribution < -0.4 is 10.4 Å². The van der Waals surface area contributed by atoms with E-state index in [1.165, 1.54) is 36.4 Å². The van der Waals surface area contributed by atoms with Crippen molar-refractivity contribution in [2.24, 2.45) is 0 Å². The van der Waals surface area contributed by atoms with Crippen LogP contribution in [-0.2, 0) is 4.79 Å². The highest BCUT2D eigenvalue weighted by Gasteiger charge is 2.17. The van der Waals surface area contributed by atoms with Gasteiger partial charge in [0.2, 0.25) is 0 Å². The van der Waals surface area contributed by atoms with Crippen LogP contribution in [0, 0.1) is 15.9 Å². The zero-order valence-corrected chi connectivity index (χ0v) is 12.3. The van der Waals surface area contributed by atoms with Gasteiger partial charge in [-0.2, -0.15) is 0 Å². The van der Waals surface area contributed by atoms with Crippen molar-refractivity contribution >= 4 is 17.6 Å². The third kappa shape index (κ3) is 4.35. The van der Waals surface area contributed by atoms with Crippen LogP contribution in [0.15, 0.2) is 48.5 Å². The quantitative estimate of drug-likeness (QED) is 0.634. The van der Waals surface area contributed by atoms with Crippen molar-refractivity contribution in [1.29, 1.82) is 0 Å². The molecule has 1 N–H and O–H groups in total. The Hall–Kier alpha value is -3.29. The Labute approximate surface area is 135 Å². The molecule has 0 saturated carbocycles. The minimum atomic E-state index is -1.38. The highest BCUT2D eigenvalue weighted by molar-refractivity contribution is 5.94. The molecule has 8 heteroatoms. The largest absolute Gasteiger partial charge is 0.550 e. The van der Waals surface area contributed by atoms with Crippen LogP contribution >= 0.6 is 0 Å². The fourth-order valence-electron chi connectivity index (χ4n) is 2.09. The minimum absolute atomic E-state index is 0.131. The number of nitrogens with one attached hydrogen (secondary N) is 1. The van der Waals surface area contributed by atoms with E-state index < -0.39 is 35.1 Å². The number of carboxylic acid groups (broad SMARTS) is 1. The average molecular weight is 331 g/mol. The predicted octanol–water partition coefficient (Wildman–Crippen LogP) is 1.34. The van der Waals surface area contributed by atoms with Gasteiger partial charge in [-0.05, 0) is 29.8 Å². The molecule has 0 aliphatic heterocycles. The first-order valence-corrected chi connectivity index (χ1v) is 6.87. The highest BCUT2D eigenvalue weighted by atomic mass is 19.1. The Bertz CT molecular complexity index is 759. The summed E-state index contributed by atoms with van der Waals surface area (Å²) in [7, 11) is 0. The molecule has 0 heterocycles. The van der Waals surface area contributed by atoms with Gasteiger partial charge >= 0.3 is 0 Å². The van der Waals surface area contributed by atoms with Gasteiger partial charge in [0.15, 0.2) is 0 Å². The van der Waals surface area contributed by atoms with Crippen molar-refractivity contribution in [1.82, 2.24) is 5.32 Å². The van der Waals surface area contributed by atoms with E-state index in [4.69, 9.17) is 0 Å². The van der Waals surface area contributed by atoms with E-state index in [2.05, 4.69) is 5.32 Å². The van der Waals surface area contributed by atoms with Gasteiger partial charge in [0.1, 0.15) is 5.82 Å². The number of hydrogen-bond donors (Lipinski definition) is 1. The molecule has 24 heavy (non-hydrogen) atoms. The first kappa shape index (κ1) is 17.1. The van der Waals surface area contributed by atoms with Gasteiger partial charge in [0, 0.05) is 30.1 Å². The monoisotopic (exact) mass is 331 g/mol. The maximum Gasteiger partial charge on any atom is 0.269 e. The Balaban J connectivity index is 2.18. The van der Waals surface area contributed by atoms with Crippen molar-refractivity contribution in [2.75, 3.05) is 0 Å². The van der Waals surface area contributed by atoms with E-state index in [0.717, 1.165) is 12.1 Å². The molecule has 2 aromatic rings. The van der Waals surface area contributed by atoms with E-state index in [1.54, 1.807) is 0 Å². The normalized spacial score (nSPS) is 11.5. The van der Waals surface area contributed by atoms with Crippen molar-refractivity contribution in [3.63, 3.8) is 0 Å². The molecule has 0 bridgehead atoms. The van der Waals surface area contributed by atoms with E-state index in [1.807, 2.05) is 0 Å². The molecule has 7 nitrogen and oxygen atoms in total. The van der Waals surface area contributed by atoms with Crippen molar-refractivity contribution in [3.05, 3.63) is 75.6 Å². The van der Waals surface area contributed by atoms with Crippen LogP contribution in [0.25, 0.3) is 0 Å². The van der Waals surface area contributed by atoms with Crippen molar-refractivity contribution < 1.29 is 24.0 Å². The second-order valence-electron chi connectivity index (χ2n) is 4.96. The van der Waals surface area contributed by atoms with Crippen LogP contribution in [0.5, 0.6) is 0 Å². The number of carbonyl (C=O) groups is 2. The molecule has 2 aromatic carbocycles. The third-order valence-electron chi connectivity index (χ3n) is 3.29. The zero-order valence-electron chi connectivity index (χ0n) is 12.3. The lowest BCUT2D eigenvalue weighted by Crippen LogP contribution is -2.34. The maximum atomic E-state index is 13.0. The second-order valence-corrected chi connectivity index (χ2v) is 4.96. The summed E-state index contributed by atoms with van der Waals surface area (Å²) < 4.78 is 13.0. The summed E-state index contributed by atoms with van der Waals surface area (Å²) in [6.45, 7) is 0. The fourth-order valence-corrected chi connectivity index (χ4v) is 2.09. The van der Waals surface area contributed by atoms with Gasteiger partial charge in [-0.25, -0.2) is 4.39 Å². The molecule has 0 saturated heterocycles. The molecule has 0 aliphatic rings. The highest BCUT2D eigenvalue weighted by Crippen LogP contribution is 2.19. The van der Waals surface area contributed by atoms with Crippen molar-refractivity contribution in [3.8, 4) is 0 Å². The Morgan fingerprint density at radius 2 is 1.67 bits per heavy atom. The van der Waals surface area contributed by atoms with E-state index >= 15 is 0 Å². The number of rotatable bonds is 6. The smallest absolute Gasteiger partial charge is 0.269 e. The number of aliphatic carboxylic acids is 1. The van der Waals surface area contributed by atoms with Crippen LogP contribution in [0.3, 0.4) is 0 Å². The summed E-state index contributed by atoms with van der Waals surface area (Å²) >= 11 is 0. The van der Waals surface area contributed by atoms with Gasteiger partial charge < -0.3 is 15.2 Å². The van der Waals surface area contributed by atoms with Crippen LogP contribution in [-0.4, -0.2) is 16.8 Å². The number of non-ortho nitro benzene ring substituents is 1. The zero-order chi connectivity index (χ0) is 17.7. The number of nitro groups is 1. The van der Waals surface area contributed by atoms with Crippen LogP contribution in [0.4, 0.5) is 10.1 Å². The Morgan fingerprint density at radius 1 is 1.08 bits per heavy atom. The number of halogens is 1. The lowest BCUT2D eigenvalue weighted by atomic mass is 10.0. The third-order valence-corrected chi connectivity index (χ3v) is 3.29. The molecule has 0 aromatic heterocycles. The van der Waals surface area contributed by atoms with Gasteiger partial charge in [0.25, 0.3) is 11.6 Å². The number of carbonyl (C=O) groups excluding carboxylic acids is 2. The molecule has 0 unspecified atom stereocenters. The summed E-state index contributed by atoms with van der Waals surface area (Å²) in [6, 6.07) is 8.95. The molecule has 2 rings (SSSR count). The maximum absolute atomic E-state index is 13.0. The number of carboxylic acids is 1. The molecule has 0 radical (unpaired) electrons. The van der Waals surface area contributed by atoms with Gasteiger partial charge in [-0.1, -0.05) is 12.1 Å². The minimum Gasteiger partial charge on any atom is -0.550 e. The first-order chi connectivity index (χ1) is 11.4. The molecule has 0 fully saturated rings. The van der Waals surface area contributed by atoms with E-state index in [0.29, 0.717) is 5.56 Å². The number of nitro benzene ring substituents is 1. The Kier molecular flexibility index (Phi) is 5.20. The lowest BCUT2D eigenvalue weighted by molar-refractivity contribution is -0.384. The summed E-state index contributed by atoms with van der Waals surface area (Å²) in [4.78, 5) is 33.1. The molecule has 0 spiro atoms. The number of nitrogens with zero attached hydrogens (tertiary/aromatic N) is 1. The molecule has 1 atom stereocenters. The summed E-state index contributed by atoms with van der Waals surface area (Å²) in [5, 5.41) is 24.0. The van der Waals surface area contributed by atoms with E-state index in [-0.39, 0.29) is 11.3 Å². The average Bonchev–Trinajstić information content (AvgIpc) is 2.54. The summed E-state index contributed by atoms with van der Waals surface area (Å²) in [6.07, 6.45) is -0.496. The number of benzene rings is 2. The van der Waals surface area contributed by atoms with Gasteiger partial charge in [-0.15, -0.1) is 0 Å². The number of hydrogen-bond acceptors (Lipinski definition) is 5. The molecular weight excluding hydrogens is 319 g/mol. The van der Waals surface area contributed by atoms with Crippen LogP contribution in [0.1, 0.15) is 28.4 Å². The van der Waals surface area contributed by atoms with Crippen LogP contribution in [0.2, 0.25) is 0 Å². The van der Waals surface area contributed by atoms with Gasteiger partial charge in [-0.3, -0.25) is 14.9 Å².